The third kappa shape index (κ3) is 6.06. The molecule has 2 aliphatic rings. The molecule has 4 heteroatoms. The fraction of sp³-hybridized carbons (Fsp3) is 0.472. The molecule has 0 bridgehead atoms. The number of nitrogens with zero attached hydrogens (tertiary/aromatic N) is 2. The molecule has 0 saturated heterocycles. The fourth-order valence-corrected chi connectivity index (χ4v) is 6.84. The van der Waals surface area contributed by atoms with E-state index in [1.165, 1.54) is 5.39 Å². The first-order valence-electron chi connectivity index (χ1n) is 15.1. The summed E-state index contributed by atoms with van der Waals surface area (Å²) in [6, 6.07) is 12.9. The van der Waals surface area contributed by atoms with E-state index >= 15 is 0 Å². The van der Waals surface area contributed by atoms with Gasteiger partial charge in [-0.2, -0.15) is 0 Å². The van der Waals surface area contributed by atoms with Crippen LogP contribution in [0.5, 0.6) is 0 Å². The maximum atomic E-state index is 13.2. The molecule has 2 heterocycles. The van der Waals surface area contributed by atoms with Crippen LogP contribution in [-0.4, -0.2) is 21.1 Å². The van der Waals surface area contributed by atoms with Gasteiger partial charge in [0.05, 0.1) is 5.52 Å². The Morgan fingerprint density at radius 3 is 2.55 bits per heavy atom. The third-order valence-electron chi connectivity index (χ3n) is 9.17. The molecule has 0 amide bonds. The van der Waals surface area contributed by atoms with Crippen molar-refractivity contribution in [3.8, 4) is 5.69 Å². The Kier molecular flexibility index (Phi) is 8.26. The van der Waals surface area contributed by atoms with Crippen molar-refractivity contribution in [3.05, 3.63) is 83.9 Å². The highest BCUT2D eigenvalue weighted by atomic mass is 16.1. The van der Waals surface area contributed by atoms with E-state index in [0.29, 0.717) is 29.8 Å². The number of carbonyl (C=O) groups is 2. The second-order valence-electron chi connectivity index (χ2n) is 13.2. The third-order valence-corrected chi connectivity index (χ3v) is 9.17. The molecule has 0 radical (unpaired) electrons. The zero-order chi connectivity index (χ0) is 28.4. The van der Waals surface area contributed by atoms with E-state index < -0.39 is 0 Å². The molecule has 5 rings (SSSR count). The summed E-state index contributed by atoms with van der Waals surface area (Å²) in [7, 11) is 0. The smallest absolute Gasteiger partial charge is 0.161 e. The summed E-state index contributed by atoms with van der Waals surface area (Å²) in [5.74, 6) is 1.97. The van der Waals surface area contributed by atoms with Gasteiger partial charge in [0.1, 0.15) is 5.78 Å². The number of aromatic nitrogens is 2. The second-order valence-corrected chi connectivity index (χ2v) is 13.2. The number of benzene rings is 1. The zero-order valence-corrected chi connectivity index (χ0v) is 24.8. The Morgan fingerprint density at radius 1 is 1.05 bits per heavy atom. The number of fused-ring (bicyclic) bond motifs is 1. The van der Waals surface area contributed by atoms with Crippen LogP contribution >= 0.6 is 0 Å². The van der Waals surface area contributed by atoms with E-state index in [9.17, 15) is 9.59 Å². The molecule has 2 unspecified atom stereocenters. The van der Waals surface area contributed by atoms with E-state index in [0.717, 1.165) is 66.6 Å². The summed E-state index contributed by atoms with van der Waals surface area (Å²) in [4.78, 5) is 30.5. The molecular formula is C36H44N2O2. The standard InChI is InChI=1S/C36H44N2O2/c1-6-7-8-24(2)35(40)27-11-9-25(10-12-27)19-26-20-31(33(39)21-26)28-13-14-32-29(22-28)16-18-38(32)30-15-17-37-34(23-30)36(3,4)5/h6-8,13-18,22-23,25-27,31H,9-12,19-21H2,1-5H3. The highest BCUT2D eigenvalue weighted by Crippen LogP contribution is 2.43. The van der Waals surface area contributed by atoms with Crippen molar-refractivity contribution in [2.75, 3.05) is 0 Å². The van der Waals surface area contributed by atoms with Crippen LogP contribution in [0.1, 0.15) is 96.7 Å². The first-order chi connectivity index (χ1) is 19.1. The van der Waals surface area contributed by atoms with Crippen LogP contribution in [0.25, 0.3) is 16.6 Å². The lowest BCUT2D eigenvalue weighted by Gasteiger charge is -2.29. The molecule has 2 saturated carbocycles. The Hall–Kier alpha value is -3.27. The topological polar surface area (TPSA) is 52.0 Å². The molecule has 3 aromatic rings. The number of Topliss-reactive ketones (excluding diaryl/α,β-unsaturated/α-hetero) is 2. The van der Waals surface area contributed by atoms with Gasteiger partial charge in [0.2, 0.25) is 0 Å². The Morgan fingerprint density at radius 2 is 1.82 bits per heavy atom. The number of hydrogen-bond donors (Lipinski definition) is 0. The van der Waals surface area contributed by atoms with Gasteiger partial charge in [0, 0.05) is 52.8 Å². The number of rotatable bonds is 7. The fourth-order valence-electron chi connectivity index (χ4n) is 6.84. The Balaban J connectivity index is 1.22. The van der Waals surface area contributed by atoms with E-state index in [4.69, 9.17) is 0 Å². The van der Waals surface area contributed by atoms with Gasteiger partial charge in [0.15, 0.2) is 5.78 Å². The molecule has 2 aliphatic carbocycles. The predicted molar refractivity (Wildman–Crippen MR) is 164 cm³/mol. The maximum absolute atomic E-state index is 13.2. The number of pyridine rings is 1. The predicted octanol–water partition coefficient (Wildman–Crippen LogP) is 8.67. The summed E-state index contributed by atoms with van der Waals surface area (Å²) in [5, 5.41) is 1.17. The molecule has 40 heavy (non-hydrogen) atoms. The highest BCUT2D eigenvalue weighted by Gasteiger charge is 2.36. The Bertz CT molecular complexity index is 1440. The van der Waals surface area contributed by atoms with E-state index in [1.807, 2.05) is 38.3 Å². The highest BCUT2D eigenvalue weighted by molar-refractivity contribution is 5.97. The average Bonchev–Trinajstić information content (AvgIpc) is 3.53. The van der Waals surface area contributed by atoms with E-state index in [1.54, 1.807) is 0 Å². The van der Waals surface area contributed by atoms with Crippen LogP contribution in [0.3, 0.4) is 0 Å². The first-order valence-corrected chi connectivity index (χ1v) is 15.1. The van der Waals surface area contributed by atoms with Crippen LogP contribution in [0.2, 0.25) is 0 Å². The van der Waals surface area contributed by atoms with Gasteiger partial charge in [0.25, 0.3) is 0 Å². The van der Waals surface area contributed by atoms with Crippen LogP contribution in [0, 0.1) is 17.8 Å². The minimum Gasteiger partial charge on any atom is -0.316 e. The largest absolute Gasteiger partial charge is 0.316 e. The summed E-state index contributed by atoms with van der Waals surface area (Å²) in [5.41, 5.74) is 5.35. The summed E-state index contributed by atoms with van der Waals surface area (Å²) >= 11 is 0. The molecule has 210 valence electrons. The van der Waals surface area contributed by atoms with Crippen molar-refractivity contribution in [3.63, 3.8) is 0 Å². The normalized spacial score (nSPS) is 24.3. The molecule has 0 aliphatic heterocycles. The van der Waals surface area contributed by atoms with E-state index in [-0.39, 0.29) is 17.3 Å². The minimum atomic E-state index is -0.00921. The molecule has 0 spiro atoms. The second kappa shape index (κ2) is 11.7. The SMILES string of the molecule is CC=CC=C(C)C(=O)C1CCC(CC2CC(=O)C(c3ccc4c(ccn4-c4ccnc(C(C)(C)C)c4)c3)C2)CC1. The molecule has 2 fully saturated rings. The van der Waals surface area contributed by atoms with Gasteiger partial charge < -0.3 is 4.57 Å². The first kappa shape index (κ1) is 28.3. The molecule has 2 aromatic heterocycles. The van der Waals surface area contributed by atoms with Gasteiger partial charge in [-0.1, -0.05) is 45.1 Å². The van der Waals surface area contributed by atoms with Crippen LogP contribution in [0.4, 0.5) is 0 Å². The van der Waals surface area contributed by atoms with Gasteiger partial charge >= 0.3 is 0 Å². The average molecular weight is 537 g/mol. The monoisotopic (exact) mass is 536 g/mol. The van der Waals surface area contributed by atoms with Crippen molar-refractivity contribution in [1.29, 1.82) is 0 Å². The van der Waals surface area contributed by atoms with Crippen LogP contribution in [0.15, 0.2) is 72.6 Å². The molecular weight excluding hydrogens is 492 g/mol. The van der Waals surface area contributed by atoms with Gasteiger partial charge in [-0.05, 0) is 106 Å². The number of ketones is 2. The van der Waals surface area contributed by atoms with E-state index in [2.05, 4.69) is 72.9 Å². The number of allylic oxidation sites excluding steroid dienone is 4. The zero-order valence-electron chi connectivity index (χ0n) is 24.8. The van der Waals surface area contributed by atoms with Gasteiger partial charge in [-0.15, -0.1) is 0 Å². The van der Waals surface area contributed by atoms with Crippen LogP contribution in [-0.2, 0) is 15.0 Å². The van der Waals surface area contributed by atoms with Crippen molar-refractivity contribution in [1.82, 2.24) is 9.55 Å². The molecule has 1 aromatic carbocycles. The van der Waals surface area contributed by atoms with Crippen LogP contribution < -0.4 is 0 Å². The van der Waals surface area contributed by atoms with Crippen molar-refractivity contribution < 1.29 is 9.59 Å². The summed E-state index contributed by atoms with van der Waals surface area (Å²) in [6.45, 7) is 10.5. The quantitative estimate of drug-likeness (QED) is 0.224. The lowest BCUT2D eigenvalue weighted by molar-refractivity contribution is -0.120. The van der Waals surface area contributed by atoms with Crippen molar-refractivity contribution in [2.45, 2.75) is 90.9 Å². The summed E-state index contributed by atoms with van der Waals surface area (Å²) < 4.78 is 2.22. The molecule has 4 nitrogen and oxygen atoms in total. The minimum absolute atomic E-state index is 0.00323. The maximum Gasteiger partial charge on any atom is 0.161 e. The Labute approximate surface area is 239 Å². The van der Waals surface area contributed by atoms with Crippen molar-refractivity contribution >= 4 is 22.5 Å². The van der Waals surface area contributed by atoms with Gasteiger partial charge in [-0.25, -0.2) is 0 Å². The molecule has 2 atom stereocenters. The lowest BCUT2D eigenvalue weighted by Crippen LogP contribution is -2.23. The number of hydrogen-bond acceptors (Lipinski definition) is 3. The molecule has 0 N–H and O–H groups in total. The van der Waals surface area contributed by atoms with Gasteiger partial charge in [-0.3, -0.25) is 14.6 Å². The van der Waals surface area contributed by atoms with Crippen molar-refractivity contribution in [2.24, 2.45) is 17.8 Å². The summed E-state index contributed by atoms with van der Waals surface area (Å²) in [6.07, 6.45) is 16.8. The lowest BCUT2D eigenvalue weighted by atomic mass is 9.75. The number of carbonyl (C=O) groups excluding carboxylic acids is 2.